The average molecular weight is 346 g/mol. The number of aromatic nitrogens is 1. The summed E-state index contributed by atoms with van der Waals surface area (Å²) in [5, 5.41) is 2.43. The van der Waals surface area contributed by atoms with Crippen LogP contribution in [-0.2, 0) is 6.18 Å². The van der Waals surface area contributed by atoms with E-state index in [1.165, 1.54) is 24.4 Å². The van der Waals surface area contributed by atoms with Gasteiger partial charge in [0.15, 0.2) is 0 Å². The lowest BCUT2D eigenvalue weighted by Crippen LogP contribution is -2.13. The minimum atomic E-state index is -4.46. The maximum Gasteiger partial charge on any atom is 0.416 e. The van der Waals surface area contributed by atoms with Crippen molar-refractivity contribution in [3.63, 3.8) is 0 Å². The lowest BCUT2D eigenvalue weighted by atomic mass is 9.98. The van der Waals surface area contributed by atoms with Gasteiger partial charge in [0.25, 0.3) is 5.91 Å². The van der Waals surface area contributed by atoms with Crippen LogP contribution < -0.4 is 5.32 Å². The first kappa shape index (κ1) is 18.5. The molecule has 0 aliphatic rings. The van der Waals surface area contributed by atoms with Gasteiger partial charge in [-0.3, -0.25) is 4.79 Å². The summed E-state index contributed by atoms with van der Waals surface area (Å²) < 4.78 is 38.1. The van der Waals surface area contributed by atoms with E-state index in [1.807, 2.05) is 20.8 Å². The van der Waals surface area contributed by atoms with Crippen LogP contribution in [0.2, 0.25) is 0 Å². The number of rotatable bonds is 2. The molecule has 2 aromatic rings. The molecule has 1 amide bonds. The number of pyridine rings is 1. The van der Waals surface area contributed by atoms with Crippen molar-refractivity contribution in [2.75, 3.05) is 5.32 Å². The number of nitrogens with zero attached hydrogens (tertiary/aromatic N) is 1. The molecule has 2 rings (SSSR count). The maximum absolute atomic E-state index is 12.7. The number of anilines is 1. The molecule has 0 atom stereocenters. The maximum atomic E-state index is 12.7. The predicted octanol–water partition coefficient (Wildman–Crippen LogP) is 4.75. The van der Waals surface area contributed by atoms with Crippen LogP contribution in [0.15, 0.2) is 42.6 Å². The number of carbonyl (C=O) groups excluding carboxylic acids is 1. The van der Waals surface area contributed by atoms with E-state index in [-0.39, 0.29) is 16.7 Å². The third-order valence-electron chi connectivity index (χ3n) is 3.04. The lowest BCUT2D eigenvalue weighted by Gasteiger charge is -2.10. The zero-order valence-corrected chi connectivity index (χ0v) is 14.0. The molecule has 0 unspecified atom stereocenters. The van der Waals surface area contributed by atoms with Gasteiger partial charge in [0.05, 0.1) is 11.1 Å². The number of hydrogen-bond acceptors (Lipinski definition) is 2. The Morgan fingerprint density at radius 3 is 2.40 bits per heavy atom. The Balaban J connectivity index is 2.12. The monoisotopic (exact) mass is 346 g/mol. The molecule has 0 saturated carbocycles. The van der Waals surface area contributed by atoms with Crippen molar-refractivity contribution in [3.8, 4) is 11.8 Å². The molecule has 130 valence electrons. The summed E-state index contributed by atoms with van der Waals surface area (Å²) in [6.07, 6.45) is -3.12. The smallest absolute Gasteiger partial charge is 0.322 e. The number of hydrogen-bond donors (Lipinski definition) is 1. The van der Waals surface area contributed by atoms with Crippen LogP contribution in [0.25, 0.3) is 0 Å². The molecule has 3 nitrogen and oxygen atoms in total. The zero-order valence-electron chi connectivity index (χ0n) is 14.0. The fourth-order valence-electron chi connectivity index (χ4n) is 1.83. The summed E-state index contributed by atoms with van der Waals surface area (Å²) in [6, 6.07) is 7.59. The topological polar surface area (TPSA) is 42.0 Å². The van der Waals surface area contributed by atoms with Gasteiger partial charge < -0.3 is 5.32 Å². The fourth-order valence-corrected chi connectivity index (χ4v) is 1.83. The van der Waals surface area contributed by atoms with Crippen molar-refractivity contribution in [2.24, 2.45) is 5.41 Å². The van der Waals surface area contributed by atoms with Crippen molar-refractivity contribution < 1.29 is 18.0 Å². The van der Waals surface area contributed by atoms with Crippen LogP contribution in [-0.4, -0.2) is 10.9 Å². The molecular weight excluding hydrogens is 329 g/mol. The third-order valence-corrected chi connectivity index (χ3v) is 3.04. The number of halogens is 3. The van der Waals surface area contributed by atoms with E-state index in [2.05, 4.69) is 22.1 Å². The molecule has 0 aliphatic carbocycles. The Bertz CT molecular complexity index is 823. The summed E-state index contributed by atoms with van der Waals surface area (Å²) in [6.45, 7) is 5.91. The average Bonchev–Trinajstić information content (AvgIpc) is 2.52. The second kappa shape index (κ2) is 6.98. The van der Waals surface area contributed by atoms with Gasteiger partial charge in [0.1, 0.15) is 5.69 Å². The van der Waals surface area contributed by atoms with Gasteiger partial charge in [-0.05, 0) is 57.0 Å². The van der Waals surface area contributed by atoms with E-state index in [0.29, 0.717) is 5.69 Å². The summed E-state index contributed by atoms with van der Waals surface area (Å²) in [4.78, 5) is 16.2. The van der Waals surface area contributed by atoms with Crippen molar-refractivity contribution in [2.45, 2.75) is 26.9 Å². The van der Waals surface area contributed by atoms with Crippen LogP contribution in [0.4, 0.5) is 18.9 Å². The predicted molar refractivity (Wildman–Crippen MR) is 90.0 cm³/mol. The molecule has 0 saturated heterocycles. The standard InChI is InChI=1S/C19H17F3N2O/c1-18(2,3)10-9-15-8-7-13(12-23-15)17(25)24-16-6-4-5-14(11-16)19(20,21)22/h4-8,11-12H,1-3H3,(H,24,25). The van der Waals surface area contributed by atoms with Gasteiger partial charge in [-0.25, -0.2) is 4.98 Å². The molecule has 1 aromatic carbocycles. The van der Waals surface area contributed by atoms with Gasteiger partial charge in [-0.1, -0.05) is 12.0 Å². The van der Waals surface area contributed by atoms with E-state index in [1.54, 1.807) is 6.07 Å². The minimum absolute atomic E-state index is 0.0661. The Labute approximate surface area is 144 Å². The van der Waals surface area contributed by atoms with E-state index in [9.17, 15) is 18.0 Å². The van der Waals surface area contributed by atoms with E-state index < -0.39 is 17.6 Å². The SMILES string of the molecule is CC(C)(C)C#Cc1ccc(C(=O)Nc2cccc(C(F)(F)F)c2)cn1. The Morgan fingerprint density at radius 1 is 1.12 bits per heavy atom. The summed E-state index contributed by atoms with van der Waals surface area (Å²) in [5.41, 5.74) is -0.168. The van der Waals surface area contributed by atoms with Crippen LogP contribution in [0, 0.1) is 17.3 Å². The first-order chi connectivity index (χ1) is 11.5. The molecule has 6 heteroatoms. The van der Waals surface area contributed by atoms with Crippen LogP contribution in [0.1, 0.15) is 42.4 Å². The van der Waals surface area contributed by atoms with Crippen molar-refractivity contribution in [3.05, 3.63) is 59.4 Å². The zero-order chi connectivity index (χ0) is 18.7. The molecule has 0 fully saturated rings. The molecule has 25 heavy (non-hydrogen) atoms. The van der Waals surface area contributed by atoms with Crippen molar-refractivity contribution in [1.82, 2.24) is 4.98 Å². The number of amides is 1. The first-order valence-corrected chi connectivity index (χ1v) is 7.52. The summed E-state index contributed by atoms with van der Waals surface area (Å²) >= 11 is 0. The number of carbonyl (C=O) groups is 1. The van der Waals surface area contributed by atoms with Crippen LogP contribution in [0.5, 0.6) is 0 Å². The second-order valence-electron chi connectivity index (χ2n) is 6.46. The molecule has 1 heterocycles. The van der Waals surface area contributed by atoms with E-state index >= 15 is 0 Å². The summed E-state index contributed by atoms with van der Waals surface area (Å²) in [5.74, 6) is 5.39. The molecular formula is C19H17F3N2O. The Hall–Kier alpha value is -2.81. The highest BCUT2D eigenvalue weighted by Gasteiger charge is 2.30. The Morgan fingerprint density at radius 2 is 1.84 bits per heavy atom. The highest BCUT2D eigenvalue weighted by Crippen LogP contribution is 2.30. The van der Waals surface area contributed by atoms with Gasteiger partial charge in [-0.15, -0.1) is 0 Å². The normalized spacial score (nSPS) is 11.4. The lowest BCUT2D eigenvalue weighted by molar-refractivity contribution is -0.137. The number of alkyl halides is 3. The van der Waals surface area contributed by atoms with Crippen molar-refractivity contribution >= 4 is 11.6 Å². The number of nitrogens with one attached hydrogen (secondary N) is 1. The molecule has 0 aliphatic heterocycles. The molecule has 0 spiro atoms. The summed E-state index contributed by atoms with van der Waals surface area (Å²) in [7, 11) is 0. The first-order valence-electron chi connectivity index (χ1n) is 7.52. The third kappa shape index (κ3) is 5.64. The molecule has 1 aromatic heterocycles. The number of benzene rings is 1. The van der Waals surface area contributed by atoms with Crippen LogP contribution in [0.3, 0.4) is 0 Å². The van der Waals surface area contributed by atoms with E-state index in [4.69, 9.17) is 0 Å². The second-order valence-corrected chi connectivity index (χ2v) is 6.46. The van der Waals surface area contributed by atoms with Gasteiger partial charge in [-0.2, -0.15) is 13.2 Å². The molecule has 0 bridgehead atoms. The fraction of sp³-hybridized carbons (Fsp3) is 0.263. The van der Waals surface area contributed by atoms with Gasteiger partial charge in [0.2, 0.25) is 0 Å². The largest absolute Gasteiger partial charge is 0.416 e. The molecule has 0 radical (unpaired) electrons. The minimum Gasteiger partial charge on any atom is -0.322 e. The van der Waals surface area contributed by atoms with Crippen molar-refractivity contribution in [1.29, 1.82) is 0 Å². The molecule has 1 N–H and O–H groups in total. The highest BCUT2D eigenvalue weighted by atomic mass is 19.4. The highest BCUT2D eigenvalue weighted by molar-refractivity contribution is 6.04. The van der Waals surface area contributed by atoms with E-state index in [0.717, 1.165) is 12.1 Å². The van der Waals surface area contributed by atoms with Gasteiger partial charge >= 0.3 is 6.18 Å². The Kier molecular flexibility index (Phi) is 5.17. The quantitative estimate of drug-likeness (QED) is 0.797. The van der Waals surface area contributed by atoms with Crippen LogP contribution >= 0.6 is 0 Å². The van der Waals surface area contributed by atoms with Gasteiger partial charge in [0, 0.05) is 17.3 Å².